The molecule has 0 bridgehead atoms. The minimum atomic E-state index is -4.38. The summed E-state index contributed by atoms with van der Waals surface area (Å²) in [7, 11) is -4.38. The highest BCUT2D eigenvalue weighted by atomic mass is 31.2. The zero-order chi connectivity index (χ0) is 39.6. The van der Waals surface area contributed by atoms with Crippen LogP contribution in [0, 0.1) is 0 Å². The van der Waals surface area contributed by atoms with E-state index in [4.69, 9.17) is 24.3 Å². The maximum absolute atomic E-state index is 12.6. The van der Waals surface area contributed by atoms with Crippen LogP contribution in [0.2, 0.25) is 0 Å². The standard InChI is InChI=1S/C44H84NO8P/c1-3-5-7-9-11-13-15-17-19-20-21-22-23-25-26-28-30-32-34-36-43(46)50-40-42(41-52-54(48,49)51-39-38-45)53-44(47)37-35-33-31-29-27-24-18-16-14-12-10-8-6-4-2/h10,12,16,18,42H,3-9,11,13-15,17,19-41,45H2,1-2H3,(H,48,49)/b12-10-,18-16-/t42-/m1/s1. The Morgan fingerprint density at radius 3 is 1.46 bits per heavy atom. The summed E-state index contributed by atoms with van der Waals surface area (Å²) < 4.78 is 32.8. The third kappa shape index (κ3) is 40.2. The van der Waals surface area contributed by atoms with Crippen molar-refractivity contribution in [2.24, 2.45) is 5.73 Å². The highest BCUT2D eigenvalue weighted by Crippen LogP contribution is 2.43. The van der Waals surface area contributed by atoms with Gasteiger partial charge in [-0.15, -0.1) is 0 Å². The number of hydrogen-bond donors (Lipinski definition) is 2. The summed E-state index contributed by atoms with van der Waals surface area (Å²) in [5.74, 6) is -0.836. The Labute approximate surface area is 332 Å². The molecule has 0 spiro atoms. The maximum Gasteiger partial charge on any atom is 0.472 e. The van der Waals surface area contributed by atoms with Crippen molar-refractivity contribution in [3.05, 3.63) is 24.3 Å². The molecule has 0 amide bonds. The second-order valence-corrected chi connectivity index (χ2v) is 16.4. The molecule has 0 fully saturated rings. The highest BCUT2D eigenvalue weighted by Gasteiger charge is 2.26. The maximum atomic E-state index is 12.6. The van der Waals surface area contributed by atoms with Gasteiger partial charge in [0, 0.05) is 19.4 Å². The second-order valence-electron chi connectivity index (χ2n) is 14.9. The quantitative estimate of drug-likeness (QED) is 0.0268. The van der Waals surface area contributed by atoms with Gasteiger partial charge in [-0.05, 0) is 38.5 Å². The molecule has 0 aromatic rings. The van der Waals surface area contributed by atoms with Crippen molar-refractivity contribution in [3.63, 3.8) is 0 Å². The number of phosphoric acid groups is 1. The fraction of sp³-hybridized carbons (Fsp3) is 0.864. The van der Waals surface area contributed by atoms with E-state index in [1.807, 2.05) is 0 Å². The molecule has 3 N–H and O–H groups in total. The molecule has 0 saturated heterocycles. The van der Waals surface area contributed by atoms with Crippen LogP contribution in [0.1, 0.15) is 213 Å². The predicted octanol–water partition coefficient (Wildman–Crippen LogP) is 12.8. The van der Waals surface area contributed by atoms with E-state index in [-0.39, 0.29) is 38.6 Å². The molecular weight excluding hydrogens is 701 g/mol. The van der Waals surface area contributed by atoms with Gasteiger partial charge in [0.2, 0.25) is 0 Å². The van der Waals surface area contributed by atoms with Gasteiger partial charge >= 0.3 is 19.8 Å². The number of phosphoric ester groups is 1. The summed E-state index contributed by atoms with van der Waals surface area (Å²) >= 11 is 0. The van der Waals surface area contributed by atoms with Gasteiger partial charge in [-0.1, -0.05) is 186 Å². The summed E-state index contributed by atoms with van der Waals surface area (Å²) in [4.78, 5) is 34.9. The molecule has 0 aromatic carbocycles. The number of esters is 2. The van der Waals surface area contributed by atoms with Crippen LogP contribution in [0.15, 0.2) is 24.3 Å². The molecule has 0 aliphatic carbocycles. The molecule has 0 aliphatic heterocycles. The smallest absolute Gasteiger partial charge is 0.462 e. The van der Waals surface area contributed by atoms with E-state index in [9.17, 15) is 19.0 Å². The molecule has 10 heteroatoms. The number of allylic oxidation sites excluding steroid dienone is 4. The minimum absolute atomic E-state index is 0.0525. The van der Waals surface area contributed by atoms with E-state index >= 15 is 0 Å². The third-order valence-electron chi connectivity index (χ3n) is 9.59. The fourth-order valence-electron chi connectivity index (χ4n) is 6.24. The number of nitrogens with two attached hydrogens (primary N) is 1. The molecule has 2 atom stereocenters. The lowest BCUT2D eigenvalue weighted by atomic mass is 10.0. The molecular formula is C44H84NO8P. The Balaban J connectivity index is 4.09. The van der Waals surface area contributed by atoms with Gasteiger partial charge in [-0.25, -0.2) is 4.57 Å². The summed E-state index contributed by atoms with van der Waals surface area (Å²) in [6.07, 6.45) is 43.5. The van der Waals surface area contributed by atoms with Crippen LogP contribution in [0.25, 0.3) is 0 Å². The van der Waals surface area contributed by atoms with Crippen molar-refractivity contribution in [2.45, 2.75) is 219 Å². The monoisotopic (exact) mass is 786 g/mol. The summed E-state index contributed by atoms with van der Waals surface area (Å²) in [5, 5.41) is 0. The lowest BCUT2D eigenvalue weighted by Crippen LogP contribution is -2.29. The van der Waals surface area contributed by atoms with E-state index in [1.54, 1.807) is 0 Å². The number of carbonyl (C=O) groups is 2. The van der Waals surface area contributed by atoms with E-state index in [1.165, 1.54) is 116 Å². The van der Waals surface area contributed by atoms with Crippen LogP contribution in [0.3, 0.4) is 0 Å². The number of rotatable bonds is 42. The molecule has 0 aromatic heterocycles. The van der Waals surface area contributed by atoms with Crippen LogP contribution < -0.4 is 5.73 Å². The lowest BCUT2D eigenvalue weighted by Gasteiger charge is -2.19. The largest absolute Gasteiger partial charge is 0.472 e. The fourth-order valence-corrected chi connectivity index (χ4v) is 7.01. The van der Waals surface area contributed by atoms with Crippen molar-refractivity contribution in [1.29, 1.82) is 0 Å². The highest BCUT2D eigenvalue weighted by molar-refractivity contribution is 7.47. The van der Waals surface area contributed by atoms with E-state index in [2.05, 4.69) is 38.2 Å². The molecule has 318 valence electrons. The molecule has 0 heterocycles. The molecule has 0 aliphatic rings. The van der Waals surface area contributed by atoms with Crippen molar-refractivity contribution in [3.8, 4) is 0 Å². The first-order chi connectivity index (χ1) is 26.3. The SMILES string of the molecule is CCCC/C=C\C/C=C\CCCCCCCC(=O)O[C@H](COC(=O)CCCCCCCCCCCCCCCCCCCCC)COP(=O)(O)OCCN. The molecule has 0 saturated carbocycles. The van der Waals surface area contributed by atoms with Crippen LogP contribution in [-0.2, 0) is 32.7 Å². The van der Waals surface area contributed by atoms with E-state index < -0.39 is 26.5 Å². The van der Waals surface area contributed by atoms with Crippen molar-refractivity contribution >= 4 is 19.8 Å². The minimum Gasteiger partial charge on any atom is -0.462 e. The van der Waals surface area contributed by atoms with Gasteiger partial charge in [0.25, 0.3) is 0 Å². The van der Waals surface area contributed by atoms with Gasteiger partial charge in [0.15, 0.2) is 6.10 Å². The van der Waals surface area contributed by atoms with Crippen molar-refractivity contribution in [2.75, 3.05) is 26.4 Å². The number of unbranched alkanes of at least 4 members (excludes halogenated alkanes) is 25. The lowest BCUT2D eigenvalue weighted by molar-refractivity contribution is -0.161. The molecule has 54 heavy (non-hydrogen) atoms. The van der Waals surface area contributed by atoms with Gasteiger partial charge in [0.05, 0.1) is 13.2 Å². The first-order valence-electron chi connectivity index (χ1n) is 22.3. The molecule has 1 unspecified atom stereocenters. The van der Waals surface area contributed by atoms with E-state index in [0.29, 0.717) is 6.42 Å². The number of hydrogen-bond acceptors (Lipinski definition) is 8. The zero-order valence-electron chi connectivity index (χ0n) is 35.0. The molecule has 9 nitrogen and oxygen atoms in total. The van der Waals surface area contributed by atoms with Crippen LogP contribution in [-0.4, -0.2) is 49.3 Å². The molecule has 0 rings (SSSR count). The Kier molecular flexibility index (Phi) is 40.0. The van der Waals surface area contributed by atoms with Gasteiger partial charge in [0.1, 0.15) is 6.61 Å². The zero-order valence-corrected chi connectivity index (χ0v) is 35.9. The molecule has 0 radical (unpaired) electrons. The Morgan fingerprint density at radius 2 is 0.981 bits per heavy atom. The number of carbonyl (C=O) groups excluding carboxylic acids is 2. The second kappa shape index (κ2) is 41.1. The first kappa shape index (κ1) is 52.5. The Bertz CT molecular complexity index is 944. The van der Waals surface area contributed by atoms with Crippen LogP contribution in [0.4, 0.5) is 0 Å². The third-order valence-corrected chi connectivity index (χ3v) is 10.6. The predicted molar refractivity (Wildman–Crippen MR) is 224 cm³/mol. The van der Waals surface area contributed by atoms with Gasteiger partial charge in [-0.2, -0.15) is 0 Å². The van der Waals surface area contributed by atoms with E-state index in [0.717, 1.165) is 64.2 Å². The first-order valence-corrected chi connectivity index (χ1v) is 23.8. The summed E-state index contributed by atoms with van der Waals surface area (Å²) in [6, 6.07) is 0. The van der Waals surface area contributed by atoms with Crippen molar-refractivity contribution in [1.82, 2.24) is 0 Å². The average molecular weight is 786 g/mol. The topological polar surface area (TPSA) is 134 Å². The number of ether oxygens (including phenoxy) is 2. The normalized spacial score (nSPS) is 13.5. The summed E-state index contributed by atoms with van der Waals surface area (Å²) in [6.45, 7) is 3.70. The Morgan fingerprint density at radius 1 is 0.556 bits per heavy atom. The van der Waals surface area contributed by atoms with Gasteiger partial charge < -0.3 is 20.1 Å². The van der Waals surface area contributed by atoms with Crippen LogP contribution in [0.5, 0.6) is 0 Å². The Hall–Kier alpha value is -1.51. The van der Waals surface area contributed by atoms with Crippen LogP contribution >= 0.6 is 7.82 Å². The van der Waals surface area contributed by atoms with Crippen molar-refractivity contribution < 1.29 is 37.6 Å². The average Bonchev–Trinajstić information content (AvgIpc) is 3.16. The summed E-state index contributed by atoms with van der Waals surface area (Å²) in [5.41, 5.74) is 5.35. The van der Waals surface area contributed by atoms with Gasteiger partial charge in [-0.3, -0.25) is 18.6 Å².